The minimum absolute atomic E-state index is 0.0231. The Morgan fingerprint density at radius 2 is 1.67 bits per heavy atom. The molecule has 156 valence electrons. The highest BCUT2D eigenvalue weighted by Gasteiger charge is 2.38. The van der Waals surface area contributed by atoms with Gasteiger partial charge in [-0.05, 0) is 36.4 Å². The molecule has 7 nitrogen and oxygen atoms in total. The highest BCUT2D eigenvalue weighted by Crippen LogP contribution is 2.31. The lowest BCUT2D eigenvalue weighted by molar-refractivity contribution is -0.132. The van der Waals surface area contributed by atoms with Crippen molar-refractivity contribution in [3.63, 3.8) is 0 Å². The number of imide groups is 1. The number of fused-ring (bicyclic) bond motifs is 1. The molecule has 1 saturated heterocycles. The Kier molecular flexibility index (Phi) is 5.81. The Morgan fingerprint density at radius 1 is 1.07 bits per heavy atom. The number of hydrogen-bond donors (Lipinski definition) is 1. The summed E-state index contributed by atoms with van der Waals surface area (Å²) in [5, 5.41) is 6.96. The lowest BCUT2D eigenvalue weighted by Gasteiger charge is -2.33. The van der Waals surface area contributed by atoms with E-state index in [4.69, 9.17) is 23.2 Å². The highest BCUT2D eigenvalue weighted by atomic mass is 35.5. The molecule has 0 aliphatic carbocycles. The van der Waals surface area contributed by atoms with Crippen molar-refractivity contribution in [3.8, 4) is 0 Å². The Bertz CT molecular complexity index is 992. The van der Waals surface area contributed by atoms with Gasteiger partial charge in [-0.2, -0.15) is 11.3 Å². The molecular weight excluding hydrogens is 449 g/mol. The van der Waals surface area contributed by atoms with Crippen molar-refractivity contribution >= 4 is 58.2 Å². The second-order valence-electron chi connectivity index (χ2n) is 7.15. The summed E-state index contributed by atoms with van der Waals surface area (Å²) in [6.45, 7) is 0.538. The van der Waals surface area contributed by atoms with Gasteiger partial charge in [0.1, 0.15) is 6.54 Å². The van der Waals surface area contributed by atoms with E-state index in [2.05, 4.69) is 5.32 Å². The molecule has 0 spiro atoms. The fourth-order valence-electron chi connectivity index (χ4n) is 3.60. The molecule has 2 aliphatic rings. The minimum Gasteiger partial charge on any atom is -0.349 e. The summed E-state index contributed by atoms with van der Waals surface area (Å²) in [4.78, 5) is 52.5. The molecule has 1 fully saturated rings. The van der Waals surface area contributed by atoms with Crippen LogP contribution in [0.1, 0.15) is 43.9 Å². The Labute approximate surface area is 186 Å². The van der Waals surface area contributed by atoms with Crippen molar-refractivity contribution in [3.05, 3.63) is 55.7 Å². The smallest absolute Gasteiger partial charge is 0.262 e. The molecule has 0 bridgehead atoms. The van der Waals surface area contributed by atoms with Gasteiger partial charge < -0.3 is 10.2 Å². The molecule has 0 saturated carbocycles. The fraction of sp³-hybridized carbons (Fsp3) is 0.300. The number of likely N-dealkylation sites (tertiary alicyclic amines) is 1. The van der Waals surface area contributed by atoms with Crippen molar-refractivity contribution in [2.45, 2.75) is 18.9 Å². The summed E-state index contributed by atoms with van der Waals surface area (Å²) in [6, 6.07) is 4.45. The Balaban J connectivity index is 1.34. The zero-order valence-corrected chi connectivity index (χ0v) is 18.0. The monoisotopic (exact) mass is 465 g/mol. The average Bonchev–Trinajstić information content (AvgIpc) is 3.34. The highest BCUT2D eigenvalue weighted by molar-refractivity contribution is 7.08. The SMILES string of the molecule is O=C(NC1CCN(C(=O)CN2C(=O)c3cc(Cl)c(Cl)cc3C2=O)CC1)c1ccsc1. The molecule has 3 heterocycles. The molecule has 4 amide bonds. The van der Waals surface area contributed by atoms with Gasteiger partial charge in [0.2, 0.25) is 5.91 Å². The van der Waals surface area contributed by atoms with Crippen molar-refractivity contribution in [1.29, 1.82) is 0 Å². The van der Waals surface area contributed by atoms with Crippen LogP contribution < -0.4 is 5.32 Å². The van der Waals surface area contributed by atoms with Crippen molar-refractivity contribution in [1.82, 2.24) is 15.1 Å². The third-order valence-electron chi connectivity index (χ3n) is 5.27. The second-order valence-corrected chi connectivity index (χ2v) is 8.74. The number of hydrogen-bond acceptors (Lipinski definition) is 5. The van der Waals surface area contributed by atoms with Gasteiger partial charge in [0, 0.05) is 30.1 Å². The molecule has 0 atom stereocenters. The lowest BCUT2D eigenvalue weighted by Crippen LogP contribution is -2.49. The van der Waals surface area contributed by atoms with Crippen LogP contribution in [-0.2, 0) is 4.79 Å². The first-order chi connectivity index (χ1) is 14.3. The molecule has 30 heavy (non-hydrogen) atoms. The van der Waals surface area contributed by atoms with Crippen LogP contribution in [0.4, 0.5) is 0 Å². The zero-order valence-electron chi connectivity index (χ0n) is 15.7. The lowest BCUT2D eigenvalue weighted by atomic mass is 10.0. The van der Waals surface area contributed by atoms with Crippen LogP contribution in [0, 0.1) is 0 Å². The van der Waals surface area contributed by atoms with E-state index in [1.165, 1.54) is 23.5 Å². The normalized spacial score (nSPS) is 16.7. The predicted octanol–water partition coefficient (Wildman–Crippen LogP) is 3.07. The van der Waals surface area contributed by atoms with Crippen LogP contribution in [0.2, 0.25) is 10.0 Å². The molecule has 1 N–H and O–H groups in total. The number of rotatable bonds is 4. The first-order valence-electron chi connectivity index (χ1n) is 9.31. The van der Waals surface area contributed by atoms with E-state index < -0.39 is 11.8 Å². The number of carbonyl (C=O) groups is 4. The van der Waals surface area contributed by atoms with Crippen LogP contribution in [0.25, 0.3) is 0 Å². The number of piperidine rings is 1. The second kappa shape index (κ2) is 8.37. The molecule has 1 aromatic heterocycles. The molecule has 1 aromatic carbocycles. The summed E-state index contributed by atoms with van der Waals surface area (Å²) in [6.07, 6.45) is 1.21. The van der Waals surface area contributed by atoms with E-state index in [1.807, 2.05) is 5.38 Å². The predicted molar refractivity (Wildman–Crippen MR) is 113 cm³/mol. The Hall–Kier alpha value is -2.42. The van der Waals surface area contributed by atoms with Gasteiger partial charge in [-0.15, -0.1) is 0 Å². The third-order valence-corrected chi connectivity index (χ3v) is 6.68. The maximum absolute atomic E-state index is 12.7. The van der Waals surface area contributed by atoms with Gasteiger partial charge in [0.05, 0.1) is 21.2 Å². The van der Waals surface area contributed by atoms with E-state index in [-0.39, 0.29) is 45.6 Å². The van der Waals surface area contributed by atoms with E-state index in [9.17, 15) is 19.2 Å². The topological polar surface area (TPSA) is 86.8 Å². The summed E-state index contributed by atoms with van der Waals surface area (Å²) in [7, 11) is 0. The number of nitrogens with one attached hydrogen (secondary N) is 1. The quantitative estimate of drug-likeness (QED) is 0.702. The number of amides is 4. The summed E-state index contributed by atoms with van der Waals surface area (Å²) < 4.78 is 0. The third kappa shape index (κ3) is 3.95. The number of thiophene rings is 1. The van der Waals surface area contributed by atoms with Crippen LogP contribution in [0.3, 0.4) is 0 Å². The maximum atomic E-state index is 12.7. The first-order valence-corrected chi connectivity index (χ1v) is 11.0. The average molecular weight is 466 g/mol. The largest absolute Gasteiger partial charge is 0.349 e. The van der Waals surface area contributed by atoms with Gasteiger partial charge in [-0.3, -0.25) is 24.1 Å². The van der Waals surface area contributed by atoms with E-state index in [1.54, 1.807) is 16.3 Å². The van der Waals surface area contributed by atoms with E-state index in [0.717, 1.165) is 4.90 Å². The molecule has 0 radical (unpaired) electrons. The minimum atomic E-state index is -0.556. The molecular formula is C20H17Cl2N3O4S. The van der Waals surface area contributed by atoms with E-state index in [0.29, 0.717) is 31.5 Å². The van der Waals surface area contributed by atoms with Crippen LogP contribution in [0.15, 0.2) is 29.0 Å². The van der Waals surface area contributed by atoms with Crippen molar-refractivity contribution < 1.29 is 19.2 Å². The van der Waals surface area contributed by atoms with Gasteiger partial charge in [-0.1, -0.05) is 23.2 Å². The van der Waals surface area contributed by atoms with Gasteiger partial charge >= 0.3 is 0 Å². The van der Waals surface area contributed by atoms with Gasteiger partial charge in [0.25, 0.3) is 17.7 Å². The molecule has 0 unspecified atom stereocenters. The summed E-state index contributed by atoms with van der Waals surface area (Å²) in [5.41, 5.74) is 0.929. The molecule has 4 rings (SSSR count). The number of carbonyl (C=O) groups excluding carboxylic acids is 4. The van der Waals surface area contributed by atoms with Crippen LogP contribution >= 0.6 is 34.5 Å². The number of nitrogens with zero attached hydrogens (tertiary/aromatic N) is 2. The standard InChI is InChI=1S/C20H17Cl2N3O4S/c21-15-7-13-14(8-16(15)22)20(29)25(19(13)28)9-17(26)24-4-1-12(2-5-24)23-18(27)11-3-6-30-10-11/h3,6-8,10,12H,1-2,4-5,9H2,(H,23,27). The van der Waals surface area contributed by atoms with Crippen LogP contribution in [0.5, 0.6) is 0 Å². The Morgan fingerprint density at radius 3 is 2.20 bits per heavy atom. The zero-order chi connectivity index (χ0) is 21.4. The van der Waals surface area contributed by atoms with Crippen molar-refractivity contribution in [2.24, 2.45) is 0 Å². The van der Waals surface area contributed by atoms with Crippen LogP contribution in [-0.4, -0.2) is 59.1 Å². The number of halogens is 2. The maximum Gasteiger partial charge on any atom is 0.262 e. The summed E-state index contributed by atoms with van der Waals surface area (Å²) in [5.74, 6) is -1.55. The fourth-order valence-corrected chi connectivity index (χ4v) is 4.56. The molecule has 10 heteroatoms. The molecule has 2 aliphatic heterocycles. The molecule has 2 aromatic rings. The van der Waals surface area contributed by atoms with Gasteiger partial charge in [0.15, 0.2) is 0 Å². The first kappa shape index (κ1) is 20.8. The summed E-state index contributed by atoms with van der Waals surface area (Å²) >= 11 is 13.3. The van der Waals surface area contributed by atoms with E-state index >= 15 is 0 Å². The number of benzene rings is 1. The van der Waals surface area contributed by atoms with Crippen molar-refractivity contribution in [2.75, 3.05) is 19.6 Å². The van der Waals surface area contributed by atoms with Gasteiger partial charge in [-0.25, -0.2) is 0 Å².